The number of benzene rings is 1. The van der Waals surface area contributed by atoms with Crippen LogP contribution in [0.1, 0.15) is 12.0 Å². The van der Waals surface area contributed by atoms with Crippen LogP contribution in [0.15, 0.2) is 24.3 Å². The van der Waals surface area contributed by atoms with Crippen molar-refractivity contribution >= 4 is 5.91 Å². The Labute approximate surface area is 82.3 Å². The summed E-state index contributed by atoms with van der Waals surface area (Å²) >= 11 is 0. The summed E-state index contributed by atoms with van der Waals surface area (Å²) in [6.07, 6.45) is 1.26. The minimum atomic E-state index is -0.290. The summed E-state index contributed by atoms with van der Waals surface area (Å²) in [5.74, 6) is -0.261. The number of amides is 1. The van der Waals surface area contributed by atoms with E-state index < -0.39 is 0 Å². The molecule has 0 aromatic heterocycles. The number of carbonyl (C=O) groups is 1. The molecule has 1 amide bonds. The fraction of sp³-hybridized carbons (Fsp3) is 0.364. The lowest BCUT2D eigenvalue weighted by atomic mass is 10.1. The molecule has 1 aliphatic rings. The largest absolute Gasteiger partial charge is 0.342 e. The van der Waals surface area contributed by atoms with E-state index in [4.69, 9.17) is 0 Å². The van der Waals surface area contributed by atoms with Gasteiger partial charge in [-0.1, -0.05) is 18.2 Å². The van der Waals surface area contributed by atoms with E-state index in [-0.39, 0.29) is 18.1 Å². The van der Waals surface area contributed by atoms with Gasteiger partial charge in [-0.25, -0.2) is 4.39 Å². The van der Waals surface area contributed by atoms with Crippen LogP contribution in [0, 0.1) is 5.82 Å². The first kappa shape index (κ1) is 9.19. The van der Waals surface area contributed by atoms with Gasteiger partial charge in [-0.3, -0.25) is 4.79 Å². The summed E-state index contributed by atoms with van der Waals surface area (Å²) in [5, 5.41) is 0. The van der Waals surface area contributed by atoms with Crippen LogP contribution >= 0.6 is 0 Å². The van der Waals surface area contributed by atoms with Crippen LogP contribution in [-0.4, -0.2) is 23.9 Å². The number of hydrogen-bond donors (Lipinski definition) is 0. The third kappa shape index (κ3) is 1.76. The van der Waals surface area contributed by atoms with Gasteiger partial charge in [0.05, 0.1) is 6.42 Å². The number of likely N-dealkylation sites (tertiary alicyclic amines) is 1. The topological polar surface area (TPSA) is 20.3 Å². The molecule has 0 bridgehead atoms. The second-order valence-corrected chi connectivity index (χ2v) is 3.50. The van der Waals surface area contributed by atoms with Gasteiger partial charge in [0.15, 0.2) is 0 Å². The maximum Gasteiger partial charge on any atom is 0.227 e. The second kappa shape index (κ2) is 3.78. The molecule has 1 saturated heterocycles. The summed E-state index contributed by atoms with van der Waals surface area (Å²) in [4.78, 5) is 13.3. The van der Waals surface area contributed by atoms with Gasteiger partial charge in [0, 0.05) is 13.1 Å². The molecule has 2 nitrogen and oxygen atoms in total. The summed E-state index contributed by atoms with van der Waals surface area (Å²) in [6.45, 7) is 1.65. The fourth-order valence-corrected chi connectivity index (χ4v) is 1.48. The first-order chi connectivity index (χ1) is 6.77. The SMILES string of the molecule is O=C(Cc1ccccc1F)N1CCC1. The van der Waals surface area contributed by atoms with Crippen LogP contribution in [0.2, 0.25) is 0 Å². The number of hydrogen-bond acceptors (Lipinski definition) is 1. The van der Waals surface area contributed by atoms with Crippen LogP contribution in [0.5, 0.6) is 0 Å². The van der Waals surface area contributed by atoms with E-state index in [1.807, 2.05) is 0 Å². The molecule has 0 atom stereocenters. The molecule has 1 aliphatic heterocycles. The Bertz CT molecular complexity index is 347. The smallest absolute Gasteiger partial charge is 0.227 e. The van der Waals surface area contributed by atoms with Gasteiger partial charge in [-0.15, -0.1) is 0 Å². The maximum absolute atomic E-state index is 13.2. The highest BCUT2D eigenvalue weighted by atomic mass is 19.1. The van der Waals surface area contributed by atoms with Gasteiger partial charge in [0.25, 0.3) is 0 Å². The second-order valence-electron chi connectivity index (χ2n) is 3.50. The molecule has 14 heavy (non-hydrogen) atoms. The highest BCUT2D eigenvalue weighted by Gasteiger charge is 2.20. The fourth-order valence-electron chi connectivity index (χ4n) is 1.48. The minimum Gasteiger partial charge on any atom is -0.342 e. The molecule has 0 spiro atoms. The molecule has 0 N–H and O–H groups in total. The quantitative estimate of drug-likeness (QED) is 0.698. The van der Waals surface area contributed by atoms with Gasteiger partial charge in [0.1, 0.15) is 5.82 Å². The normalized spacial score (nSPS) is 15.1. The van der Waals surface area contributed by atoms with E-state index >= 15 is 0 Å². The number of nitrogens with zero attached hydrogens (tertiary/aromatic N) is 1. The van der Waals surface area contributed by atoms with Crippen molar-refractivity contribution in [3.8, 4) is 0 Å². The lowest BCUT2D eigenvalue weighted by molar-refractivity contribution is -0.133. The summed E-state index contributed by atoms with van der Waals surface area (Å²) in [6, 6.07) is 6.43. The van der Waals surface area contributed by atoms with E-state index in [1.54, 1.807) is 23.1 Å². The first-order valence-corrected chi connectivity index (χ1v) is 4.78. The van der Waals surface area contributed by atoms with Gasteiger partial charge >= 0.3 is 0 Å². The van der Waals surface area contributed by atoms with Crippen molar-refractivity contribution in [2.45, 2.75) is 12.8 Å². The van der Waals surface area contributed by atoms with E-state index in [9.17, 15) is 9.18 Å². The lowest BCUT2D eigenvalue weighted by Crippen LogP contribution is -2.42. The van der Waals surface area contributed by atoms with Gasteiger partial charge < -0.3 is 4.90 Å². The molecule has 3 heteroatoms. The third-order valence-electron chi connectivity index (χ3n) is 2.51. The van der Waals surface area contributed by atoms with Crippen LogP contribution in [0.3, 0.4) is 0 Å². The van der Waals surface area contributed by atoms with Crippen LogP contribution in [0.4, 0.5) is 4.39 Å². The van der Waals surface area contributed by atoms with Gasteiger partial charge in [0.2, 0.25) is 5.91 Å². The van der Waals surface area contributed by atoms with E-state index in [0.717, 1.165) is 19.5 Å². The third-order valence-corrected chi connectivity index (χ3v) is 2.51. The molecule has 2 rings (SSSR count). The van der Waals surface area contributed by atoms with Crippen molar-refractivity contribution in [3.05, 3.63) is 35.6 Å². The Kier molecular flexibility index (Phi) is 2.48. The van der Waals surface area contributed by atoms with E-state index in [2.05, 4.69) is 0 Å². The Morgan fingerprint density at radius 1 is 1.36 bits per heavy atom. The summed E-state index contributed by atoms with van der Waals surface area (Å²) in [7, 11) is 0. The van der Waals surface area contributed by atoms with Crippen LogP contribution < -0.4 is 0 Å². The average molecular weight is 193 g/mol. The Morgan fingerprint density at radius 2 is 2.07 bits per heavy atom. The minimum absolute atomic E-state index is 0.0290. The highest BCUT2D eigenvalue weighted by Crippen LogP contribution is 2.12. The van der Waals surface area contributed by atoms with Crippen LogP contribution in [-0.2, 0) is 11.2 Å². The predicted octanol–water partition coefficient (Wildman–Crippen LogP) is 1.60. The van der Waals surface area contributed by atoms with Crippen molar-refractivity contribution in [2.24, 2.45) is 0 Å². The molecular weight excluding hydrogens is 181 g/mol. The first-order valence-electron chi connectivity index (χ1n) is 4.78. The molecule has 0 radical (unpaired) electrons. The monoisotopic (exact) mass is 193 g/mol. The van der Waals surface area contributed by atoms with Crippen LogP contribution in [0.25, 0.3) is 0 Å². The average Bonchev–Trinajstić information content (AvgIpc) is 2.05. The molecular formula is C11H12FNO. The zero-order chi connectivity index (χ0) is 9.97. The standard InChI is InChI=1S/C11H12FNO/c12-10-5-2-1-4-9(10)8-11(14)13-6-3-7-13/h1-2,4-5H,3,6-8H2. The van der Waals surface area contributed by atoms with Gasteiger partial charge in [-0.2, -0.15) is 0 Å². The number of carbonyl (C=O) groups excluding carboxylic acids is 1. The Morgan fingerprint density at radius 3 is 2.64 bits per heavy atom. The summed E-state index contributed by atoms with van der Waals surface area (Å²) < 4.78 is 13.2. The van der Waals surface area contributed by atoms with Crippen molar-refractivity contribution in [2.75, 3.05) is 13.1 Å². The molecule has 0 unspecified atom stereocenters. The van der Waals surface area contributed by atoms with E-state index in [0.29, 0.717) is 5.56 Å². The molecule has 1 fully saturated rings. The number of halogens is 1. The van der Waals surface area contributed by atoms with E-state index in [1.165, 1.54) is 6.07 Å². The Hall–Kier alpha value is -1.38. The van der Waals surface area contributed by atoms with Crippen molar-refractivity contribution in [3.63, 3.8) is 0 Å². The summed E-state index contributed by atoms with van der Waals surface area (Å²) in [5.41, 5.74) is 0.490. The molecule has 74 valence electrons. The zero-order valence-electron chi connectivity index (χ0n) is 7.87. The zero-order valence-corrected chi connectivity index (χ0v) is 7.87. The maximum atomic E-state index is 13.2. The predicted molar refractivity (Wildman–Crippen MR) is 51.3 cm³/mol. The lowest BCUT2D eigenvalue weighted by Gasteiger charge is -2.30. The van der Waals surface area contributed by atoms with Crippen molar-refractivity contribution in [1.29, 1.82) is 0 Å². The highest BCUT2D eigenvalue weighted by molar-refractivity contribution is 5.79. The molecule has 1 heterocycles. The number of rotatable bonds is 2. The molecule has 0 saturated carbocycles. The molecule has 1 aromatic rings. The molecule has 0 aliphatic carbocycles. The van der Waals surface area contributed by atoms with Gasteiger partial charge in [-0.05, 0) is 18.1 Å². The van der Waals surface area contributed by atoms with Crippen molar-refractivity contribution < 1.29 is 9.18 Å². The van der Waals surface area contributed by atoms with Crippen molar-refractivity contribution in [1.82, 2.24) is 4.90 Å². The Balaban J connectivity index is 2.03. The molecule has 1 aromatic carbocycles.